The Hall–Kier alpha value is -1.52. The second kappa shape index (κ2) is 6.96. The standard InChI is InChI=1S/C15H18Cl2N4/c1-4-21(5-2)15-9-14(18-10(3)19-15)20-13-7-6-11(16)8-12(13)17/h6-9H,4-5H2,1-3H3,(H,18,19,20). The molecule has 0 bridgehead atoms. The van der Waals surface area contributed by atoms with E-state index in [0.717, 1.165) is 24.6 Å². The van der Waals surface area contributed by atoms with Gasteiger partial charge in [-0.05, 0) is 39.0 Å². The molecule has 0 aliphatic rings. The summed E-state index contributed by atoms with van der Waals surface area (Å²) in [6.07, 6.45) is 0. The van der Waals surface area contributed by atoms with E-state index in [1.165, 1.54) is 0 Å². The summed E-state index contributed by atoms with van der Waals surface area (Å²) in [7, 11) is 0. The van der Waals surface area contributed by atoms with Crippen molar-refractivity contribution in [3.8, 4) is 0 Å². The zero-order chi connectivity index (χ0) is 15.4. The van der Waals surface area contributed by atoms with Crippen LogP contribution in [0.15, 0.2) is 24.3 Å². The fraction of sp³-hybridized carbons (Fsp3) is 0.333. The van der Waals surface area contributed by atoms with E-state index in [9.17, 15) is 0 Å². The van der Waals surface area contributed by atoms with Crippen molar-refractivity contribution in [1.82, 2.24) is 9.97 Å². The van der Waals surface area contributed by atoms with Gasteiger partial charge in [0.15, 0.2) is 0 Å². The van der Waals surface area contributed by atoms with Crippen LogP contribution in [0.1, 0.15) is 19.7 Å². The zero-order valence-corrected chi connectivity index (χ0v) is 13.8. The van der Waals surface area contributed by atoms with Gasteiger partial charge in [-0.3, -0.25) is 0 Å². The Balaban J connectivity index is 2.31. The lowest BCUT2D eigenvalue weighted by Gasteiger charge is -2.20. The second-order valence-corrected chi connectivity index (χ2v) is 5.42. The number of aryl methyl sites for hydroxylation is 1. The smallest absolute Gasteiger partial charge is 0.136 e. The fourth-order valence-electron chi connectivity index (χ4n) is 2.05. The molecule has 1 N–H and O–H groups in total. The van der Waals surface area contributed by atoms with E-state index >= 15 is 0 Å². The van der Waals surface area contributed by atoms with Crippen molar-refractivity contribution >= 4 is 40.5 Å². The minimum absolute atomic E-state index is 0.558. The largest absolute Gasteiger partial charge is 0.357 e. The van der Waals surface area contributed by atoms with Crippen LogP contribution in [0.3, 0.4) is 0 Å². The highest BCUT2D eigenvalue weighted by atomic mass is 35.5. The number of halogens is 2. The van der Waals surface area contributed by atoms with Gasteiger partial charge in [-0.15, -0.1) is 0 Å². The SMILES string of the molecule is CCN(CC)c1cc(Nc2ccc(Cl)cc2Cl)nc(C)n1. The maximum Gasteiger partial charge on any atom is 0.136 e. The monoisotopic (exact) mass is 324 g/mol. The Bertz CT molecular complexity index is 627. The molecule has 0 saturated heterocycles. The number of nitrogens with one attached hydrogen (secondary N) is 1. The minimum Gasteiger partial charge on any atom is -0.357 e. The van der Waals surface area contributed by atoms with Gasteiger partial charge in [-0.2, -0.15) is 0 Å². The van der Waals surface area contributed by atoms with Crippen molar-refractivity contribution < 1.29 is 0 Å². The summed E-state index contributed by atoms with van der Waals surface area (Å²) in [5.74, 6) is 2.33. The Labute approximate surface area is 135 Å². The molecule has 4 nitrogen and oxygen atoms in total. The number of hydrogen-bond donors (Lipinski definition) is 1. The molecule has 112 valence electrons. The molecule has 2 aromatic rings. The molecule has 0 atom stereocenters. The molecule has 1 aromatic heterocycles. The molecule has 0 aliphatic heterocycles. The van der Waals surface area contributed by atoms with E-state index in [1.54, 1.807) is 12.1 Å². The van der Waals surface area contributed by atoms with Gasteiger partial charge < -0.3 is 10.2 Å². The number of aromatic nitrogens is 2. The lowest BCUT2D eigenvalue weighted by molar-refractivity contribution is 0.835. The van der Waals surface area contributed by atoms with Crippen LogP contribution in [0, 0.1) is 6.92 Å². The van der Waals surface area contributed by atoms with Crippen molar-refractivity contribution in [2.75, 3.05) is 23.3 Å². The molecule has 0 amide bonds. The normalized spacial score (nSPS) is 10.5. The van der Waals surface area contributed by atoms with Crippen LogP contribution in [0.2, 0.25) is 10.0 Å². The van der Waals surface area contributed by atoms with Crippen LogP contribution in [0.25, 0.3) is 0 Å². The van der Waals surface area contributed by atoms with Gasteiger partial charge >= 0.3 is 0 Å². The quantitative estimate of drug-likeness (QED) is 0.866. The van der Waals surface area contributed by atoms with Crippen molar-refractivity contribution in [3.05, 3.63) is 40.1 Å². The van der Waals surface area contributed by atoms with Crippen molar-refractivity contribution in [2.24, 2.45) is 0 Å². The summed E-state index contributed by atoms with van der Waals surface area (Å²) in [5.41, 5.74) is 0.768. The third-order valence-corrected chi connectivity index (χ3v) is 3.65. The van der Waals surface area contributed by atoms with E-state index in [4.69, 9.17) is 23.2 Å². The molecule has 6 heteroatoms. The van der Waals surface area contributed by atoms with Gasteiger partial charge in [0.25, 0.3) is 0 Å². The van der Waals surface area contributed by atoms with Crippen LogP contribution >= 0.6 is 23.2 Å². The van der Waals surface area contributed by atoms with Gasteiger partial charge in [-0.25, -0.2) is 9.97 Å². The van der Waals surface area contributed by atoms with E-state index in [0.29, 0.717) is 21.7 Å². The molecular weight excluding hydrogens is 307 g/mol. The summed E-state index contributed by atoms with van der Waals surface area (Å²) in [4.78, 5) is 11.0. The van der Waals surface area contributed by atoms with Crippen LogP contribution in [0.5, 0.6) is 0 Å². The van der Waals surface area contributed by atoms with Crippen LogP contribution in [-0.2, 0) is 0 Å². The maximum absolute atomic E-state index is 6.18. The Morgan fingerprint density at radius 1 is 1.10 bits per heavy atom. The average molecular weight is 325 g/mol. The molecule has 0 saturated carbocycles. The number of nitrogens with zero attached hydrogens (tertiary/aromatic N) is 3. The Kier molecular flexibility index (Phi) is 5.26. The predicted molar refractivity (Wildman–Crippen MR) is 90.1 cm³/mol. The molecule has 0 fully saturated rings. The van der Waals surface area contributed by atoms with Crippen LogP contribution in [0.4, 0.5) is 17.3 Å². The summed E-state index contributed by atoms with van der Waals surface area (Å²) in [6, 6.07) is 7.24. The summed E-state index contributed by atoms with van der Waals surface area (Å²) in [5, 5.41) is 4.38. The topological polar surface area (TPSA) is 41.0 Å². The highest BCUT2D eigenvalue weighted by molar-refractivity contribution is 6.36. The molecule has 0 unspecified atom stereocenters. The second-order valence-electron chi connectivity index (χ2n) is 4.58. The first kappa shape index (κ1) is 15.9. The number of benzene rings is 1. The molecule has 2 rings (SSSR count). The third kappa shape index (κ3) is 3.99. The Morgan fingerprint density at radius 2 is 1.81 bits per heavy atom. The molecule has 1 heterocycles. The molecule has 21 heavy (non-hydrogen) atoms. The van der Waals surface area contributed by atoms with Gasteiger partial charge in [0, 0.05) is 24.2 Å². The summed E-state index contributed by atoms with van der Waals surface area (Å²) in [6.45, 7) is 7.87. The van der Waals surface area contributed by atoms with Gasteiger partial charge in [0.05, 0.1) is 10.7 Å². The highest BCUT2D eigenvalue weighted by Crippen LogP contribution is 2.28. The van der Waals surface area contributed by atoms with E-state index < -0.39 is 0 Å². The van der Waals surface area contributed by atoms with E-state index in [-0.39, 0.29) is 0 Å². The lowest BCUT2D eigenvalue weighted by Crippen LogP contribution is -2.23. The first-order valence-corrected chi connectivity index (χ1v) is 7.61. The first-order valence-electron chi connectivity index (χ1n) is 6.86. The molecule has 0 aliphatic carbocycles. The lowest BCUT2D eigenvalue weighted by atomic mass is 10.3. The zero-order valence-electron chi connectivity index (χ0n) is 12.3. The van der Waals surface area contributed by atoms with Gasteiger partial charge in [0.1, 0.15) is 17.5 Å². The average Bonchev–Trinajstić information content (AvgIpc) is 2.43. The summed E-state index contributed by atoms with van der Waals surface area (Å²) >= 11 is 12.1. The van der Waals surface area contributed by atoms with Crippen molar-refractivity contribution in [2.45, 2.75) is 20.8 Å². The molecule has 0 spiro atoms. The number of anilines is 3. The molecule has 0 radical (unpaired) electrons. The van der Waals surface area contributed by atoms with Gasteiger partial charge in [0.2, 0.25) is 0 Å². The highest BCUT2D eigenvalue weighted by Gasteiger charge is 2.09. The maximum atomic E-state index is 6.18. The molecular formula is C15H18Cl2N4. The third-order valence-electron chi connectivity index (χ3n) is 3.11. The van der Waals surface area contributed by atoms with E-state index in [2.05, 4.69) is 34.0 Å². The first-order chi connectivity index (χ1) is 10.0. The number of rotatable bonds is 5. The van der Waals surface area contributed by atoms with Gasteiger partial charge in [-0.1, -0.05) is 23.2 Å². The number of hydrogen-bond acceptors (Lipinski definition) is 4. The van der Waals surface area contributed by atoms with E-state index in [1.807, 2.05) is 19.1 Å². The van der Waals surface area contributed by atoms with Crippen molar-refractivity contribution in [1.29, 1.82) is 0 Å². The van der Waals surface area contributed by atoms with Crippen molar-refractivity contribution in [3.63, 3.8) is 0 Å². The Morgan fingerprint density at radius 3 is 2.43 bits per heavy atom. The van der Waals surface area contributed by atoms with Crippen LogP contribution in [-0.4, -0.2) is 23.1 Å². The van der Waals surface area contributed by atoms with Crippen LogP contribution < -0.4 is 10.2 Å². The molecule has 1 aromatic carbocycles. The predicted octanol–water partition coefficient (Wildman–Crippen LogP) is 4.68. The fourth-order valence-corrected chi connectivity index (χ4v) is 2.51. The summed E-state index contributed by atoms with van der Waals surface area (Å²) < 4.78 is 0. The minimum atomic E-state index is 0.558.